The monoisotopic (exact) mass is 505 g/mol. The van der Waals surface area contributed by atoms with Crippen molar-refractivity contribution in [1.29, 1.82) is 0 Å². The van der Waals surface area contributed by atoms with Gasteiger partial charge in [-0.3, -0.25) is 14.9 Å². The van der Waals surface area contributed by atoms with Gasteiger partial charge in [0.2, 0.25) is 0 Å². The molecule has 1 fully saturated rings. The number of benzene rings is 2. The van der Waals surface area contributed by atoms with Crippen molar-refractivity contribution in [3.8, 4) is 5.69 Å². The second kappa shape index (κ2) is 9.47. The molecule has 1 aromatic heterocycles. The van der Waals surface area contributed by atoms with Crippen molar-refractivity contribution in [2.75, 3.05) is 12.0 Å². The number of amides is 4. The Balaban J connectivity index is 1.81. The fourth-order valence-corrected chi connectivity index (χ4v) is 4.54. The highest BCUT2D eigenvalue weighted by Crippen LogP contribution is 2.31. The van der Waals surface area contributed by atoms with Crippen LogP contribution in [0.1, 0.15) is 38.4 Å². The van der Waals surface area contributed by atoms with Gasteiger partial charge in [0.15, 0.2) is 0 Å². The van der Waals surface area contributed by atoms with Crippen LogP contribution in [-0.2, 0) is 14.3 Å². The van der Waals surface area contributed by atoms with Gasteiger partial charge in [-0.1, -0.05) is 23.7 Å². The molecule has 0 spiro atoms. The molecule has 2 heterocycles. The van der Waals surface area contributed by atoms with Gasteiger partial charge in [0.05, 0.1) is 18.4 Å². The second-order valence-electron chi connectivity index (χ2n) is 8.44. The lowest BCUT2D eigenvalue weighted by Crippen LogP contribution is -2.54. The number of urea groups is 1. The summed E-state index contributed by atoms with van der Waals surface area (Å²) in [7, 11) is 1.33. The molecule has 3 aromatic rings. The SMILES string of the molecule is COC(=O)c1cccc(-n2c(C)cc(/C=C3\C(=O)NC(=O)N(c4cccc(Cl)c4C)C3=O)c2C)c1C. The number of nitrogens with zero attached hydrogens (tertiary/aromatic N) is 2. The summed E-state index contributed by atoms with van der Waals surface area (Å²) >= 11 is 6.19. The Morgan fingerprint density at radius 3 is 2.33 bits per heavy atom. The number of rotatable bonds is 4. The van der Waals surface area contributed by atoms with Gasteiger partial charge in [-0.25, -0.2) is 14.5 Å². The van der Waals surface area contributed by atoms with Gasteiger partial charge in [0.1, 0.15) is 5.57 Å². The Kier molecular flexibility index (Phi) is 6.56. The summed E-state index contributed by atoms with van der Waals surface area (Å²) in [5.74, 6) is -1.97. The maximum absolute atomic E-state index is 13.4. The van der Waals surface area contributed by atoms with Crippen LogP contribution in [0.3, 0.4) is 0 Å². The summed E-state index contributed by atoms with van der Waals surface area (Å²) < 4.78 is 6.82. The van der Waals surface area contributed by atoms with E-state index in [0.717, 1.165) is 27.5 Å². The number of carbonyl (C=O) groups is 4. The number of carbonyl (C=O) groups excluding carboxylic acids is 4. The highest BCUT2D eigenvalue weighted by Gasteiger charge is 2.38. The number of hydrogen-bond acceptors (Lipinski definition) is 5. The maximum Gasteiger partial charge on any atom is 0.338 e. The van der Waals surface area contributed by atoms with Crippen LogP contribution in [0.4, 0.5) is 10.5 Å². The predicted molar refractivity (Wildman–Crippen MR) is 137 cm³/mol. The number of ether oxygens (including phenoxy) is 1. The van der Waals surface area contributed by atoms with E-state index in [1.807, 2.05) is 37.5 Å². The number of nitrogens with one attached hydrogen (secondary N) is 1. The number of barbiturate groups is 1. The minimum Gasteiger partial charge on any atom is -0.465 e. The summed E-state index contributed by atoms with van der Waals surface area (Å²) in [4.78, 5) is 51.8. The summed E-state index contributed by atoms with van der Waals surface area (Å²) in [6.07, 6.45) is 1.47. The van der Waals surface area contributed by atoms with Crippen molar-refractivity contribution < 1.29 is 23.9 Å². The average molecular weight is 506 g/mol. The van der Waals surface area contributed by atoms with E-state index in [1.165, 1.54) is 13.2 Å². The Hall–Kier alpha value is -4.17. The zero-order chi connectivity index (χ0) is 26.3. The molecule has 0 aliphatic carbocycles. The van der Waals surface area contributed by atoms with E-state index in [1.54, 1.807) is 37.3 Å². The number of aromatic nitrogens is 1. The van der Waals surface area contributed by atoms with Crippen LogP contribution < -0.4 is 10.2 Å². The van der Waals surface area contributed by atoms with E-state index >= 15 is 0 Å². The molecule has 0 atom stereocenters. The van der Waals surface area contributed by atoms with E-state index in [9.17, 15) is 19.2 Å². The van der Waals surface area contributed by atoms with E-state index < -0.39 is 23.8 Å². The molecule has 8 nitrogen and oxygen atoms in total. The maximum atomic E-state index is 13.4. The molecule has 9 heteroatoms. The predicted octanol–water partition coefficient (Wildman–Crippen LogP) is 4.82. The first-order valence-corrected chi connectivity index (χ1v) is 11.5. The first-order valence-electron chi connectivity index (χ1n) is 11.1. The van der Waals surface area contributed by atoms with Crippen LogP contribution in [0.2, 0.25) is 5.02 Å². The molecule has 1 aliphatic rings. The molecule has 0 unspecified atom stereocenters. The van der Waals surface area contributed by atoms with Crippen LogP contribution in [-0.4, -0.2) is 35.5 Å². The van der Waals surface area contributed by atoms with Crippen LogP contribution in [0.25, 0.3) is 11.8 Å². The minimum absolute atomic E-state index is 0.186. The molecule has 184 valence electrons. The van der Waals surface area contributed by atoms with Crippen molar-refractivity contribution in [3.05, 3.63) is 86.7 Å². The number of anilines is 1. The quantitative estimate of drug-likeness (QED) is 0.311. The van der Waals surface area contributed by atoms with Crippen LogP contribution in [0.15, 0.2) is 48.0 Å². The Morgan fingerprint density at radius 1 is 0.972 bits per heavy atom. The number of methoxy groups -OCH3 is 1. The number of aryl methyl sites for hydroxylation is 1. The standard InChI is InChI=1S/C27H24ClN3O5/c1-14-12-18(17(4)30(14)22-10-6-8-19(15(22)2)26(34)36-5)13-20-24(32)29-27(35)31(25(20)33)23-11-7-9-21(28)16(23)3/h6-13H,1-5H3,(H,29,32,35)/b20-13+. The molecule has 0 saturated carbocycles. The van der Waals surface area contributed by atoms with Gasteiger partial charge in [-0.2, -0.15) is 0 Å². The van der Waals surface area contributed by atoms with Crippen LogP contribution >= 0.6 is 11.6 Å². The molecule has 0 bridgehead atoms. The summed E-state index contributed by atoms with van der Waals surface area (Å²) in [6.45, 7) is 7.25. The van der Waals surface area contributed by atoms with Gasteiger partial charge in [0.25, 0.3) is 11.8 Å². The Bertz CT molecular complexity index is 1480. The second-order valence-corrected chi connectivity index (χ2v) is 8.85. The molecule has 4 amide bonds. The van der Waals surface area contributed by atoms with Crippen molar-refractivity contribution in [3.63, 3.8) is 0 Å². The summed E-state index contributed by atoms with van der Waals surface area (Å²) in [6, 6.07) is 11.2. The van der Waals surface area contributed by atoms with E-state index in [0.29, 0.717) is 27.4 Å². The zero-order valence-corrected chi connectivity index (χ0v) is 21.2. The molecular formula is C27H24ClN3O5. The van der Waals surface area contributed by atoms with Gasteiger partial charge < -0.3 is 9.30 Å². The number of esters is 1. The van der Waals surface area contributed by atoms with Crippen LogP contribution in [0.5, 0.6) is 0 Å². The lowest BCUT2D eigenvalue weighted by atomic mass is 10.1. The lowest BCUT2D eigenvalue weighted by molar-refractivity contribution is -0.122. The summed E-state index contributed by atoms with van der Waals surface area (Å²) in [5, 5.41) is 2.63. The van der Waals surface area contributed by atoms with Crippen molar-refractivity contribution in [1.82, 2.24) is 9.88 Å². The van der Waals surface area contributed by atoms with Crippen molar-refractivity contribution in [2.24, 2.45) is 0 Å². The number of imide groups is 2. The van der Waals surface area contributed by atoms with E-state index in [4.69, 9.17) is 16.3 Å². The van der Waals surface area contributed by atoms with Gasteiger partial charge >= 0.3 is 12.0 Å². The number of halogens is 1. The Labute approximate surface area is 213 Å². The third-order valence-corrected chi connectivity index (χ3v) is 6.71. The highest BCUT2D eigenvalue weighted by atomic mass is 35.5. The fraction of sp³-hybridized carbons (Fsp3) is 0.185. The minimum atomic E-state index is -0.840. The Morgan fingerprint density at radius 2 is 1.64 bits per heavy atom. The average Bonchev–Trinajstić information content (AvgIpc) is 3.11. The molecular weight excluding hydrogens is 482 g/mol. The lowest BCUT2D eigenvalue weighted by Gasteiger charge is -2.27. The van der Waals surface area contributed by atoms with Gasteiger partial charge in [0, 0.05) is 22.1 Å². The zero-order valence-electron chi connectivity index (χ0n) is 20.4. The fourth-order valence-electron chi connectivity index (χ4n) is 4.37. The molecule has 1 saturated heterocycles. The topological polar surface area (TPSA) is 97.7 Å². The van der Waals surface area contributed by atoms with Crippen molar-refractivity contribution in [2.45, 2.75) is 27.7 Å². The smallest absolute Gasteiger partial charge is 0.338 e. The highest BCUT2D eigenvalue weighted by molar-refractivity contribution is 6.40. The van der Waals surface area contributed by atoms with Crippen LogP contribution in [0, 0.1) is 27.7 Å². The molecule has 4 rings (SSSR count). The molecule has 36 heavy (non-hydrogen) atoms. The largest absolute Gasteiger partial charge is 0.465 e. The molecule has 2 aromatic carbocycles. The van der Waals surface area contributed by atoms with E-state index in [2.05, 4.69) is 5.32 Å². The molecule has 0 radical (unpaired) electrons. The van der Waals surface area contributed by atoms with E-state index in [-0.39, 0.29) is 5.57 Å². The summed E-state index contributed by atoms with van der Waals surface area (Å²) in [5.41, 5.74) is 4.77. The van der Waals surface area contributed by atoms with Gasteiger partial charge in [-0.15, -0.1) is 0 Å². The number of hydrogen-bond donors (Lipinski definition) is 1. The first-order chi connectivity index (χ1) is 17.1. The third kappa shape index (κ3) is 4.09. The first kappa shape index (κ1) is 24.9. The normalized spacial score (nSPS) is 14.9. The van der Waals surface area contributed by atoms with Crippen molar-refractivity contribution >= 4 is 47.2 Å². The molecule has 1 aliphatic heterocycles. The third-order valence-electron chi connectivity index (χ3n) is 6.30. The molecule has 1 N–H and O–H groups in total. The van der Waals surface area contributed by atoms with Gasteiger partial charge in [-0.05, 0) is 80.8 Å².